The van der Waals surface area contributed by atoms with Gasteiger partial charge < -0.3 is 15.2 Å². The molecule has 1 aromatic heterocycles. The highest BCUT2D eigenvalue weighted by Crippen LogP contribution is 2.49. The molecule has 5 heteroatoms. The van der Waals surface area contributed by atoms with Crippen molar-refractivity contribution in [3.63, 3.8) is 0 Å². The molecule has 0 bridgehead atoms. The van der Waals surface area contributed by atoms with E-state index in [0.29, 0.717) is 5.56 Å². The van der Waals surface area contributed by atoms with E-state index in [0.717, 1.165) is 22.6 Å². The second-order valence-electron chi connectivity index (χ2n) is 6.81. The van der Waals surface area contributed by atoms with Crippen LogP contribution in [0.1, 0.15) is 39.3 Å². The molecule has 2 atom stereocenters. The Balaban J connectivity index is 1.80. The third kappa shape index (κ3) is 2.40. The number of nitrogens with zero attached hydrogens (tertiary/aromatic N) is 2. The molecule has 0 saturated carbocycles. The minimum Gasteiger partial charge on any atom is -0.377 e. The molecule has 132 valence electrons. The van der Waals surface area contributed by atoms with Gasteiger partial charge in [0.15, 0.2) is 0 Å². The fraction of sp³-hybridized carbons (Fsp3) is 0.136. The van der Waals surface area contributed by atoms with Crippen molar-refractivity contribution in [2.75, 3.05) is 5.32 Å². The van der Waals surface area contributed by atoms with Gasteiger partial charge in [-0.05, 0) is 17.7 Å². The maximum absolute atomic E-state index is 12.5. The van der Waals surface area contributed by atoms with E-state index < -0.39 is 0 Å². The number of carbonyl (C=O) groups excluding carboxylic acids is 1. The van der Waals surface area contributed by atoms with Crippen LogP contribution in [0.15, 0.2) is 72.9 Å². The Morgan fingerprint density at radius 2 is 1.96 bits per heavy atom. The van der Waals surface area contributed by atoms with Crippen LogP contribution in [0.3, 0.4) is 0 Å². The number of aryl methyl sites for hydroxylation is 1. The summed E-state index contributed by atoms with van der Waals surface area (Å²) in [6.07, 6.45) is 5.37. The lowest BCUT2D eigenvalue weighted by Crippen LogP contribution is -2.29. The first-order chi connectivity index (χ1) is 13.2. The summed E-state index contributed by atoms with van der Waals surface area (Å²) in [5.74, 6) is 0.736. The molecular formula is C22H18N4O. The van der Waals surface area contributed by atoms with Gasteiger partial charge >= 0.3 is 0 Å². The summed E-state index contributed by atoms with van der Waals surface area (Å²) in [7, 11) is 2.00. The van der Waals surface area contributed by atoms with Crippen LogP contribution in [0.4, 0.5) is 5.69 Å². The smallest absolute Gasteiger partial charge is 0.256 e. The summed E-state index contributed by atoms with van der Waals surface area (Å²) in [6, 6.07) is 16.1. The first-order valence-electron chi connectivity index (χ1n) is 8.92. The molecule has 5 rings (SSSR count). The molecule has 0 radical (unpaired) electrons. The topological polar surface area (TPSA) is 59.0 Å². The number of nitrogens with one attached hydrogen (secondary N) is 2. The van der Waals surface area contributed by atoms with Gasteiger partial charge in [-0.15, -0.1) is 0 Å². The molecule has 2 aromatic carbocycles. The number of carbonyl (C=O) groups is 1. The van der Waals surface area contributed by atoms with Crippen molar-refractivity contribution in [3.8, 4) is 0 Å². The van der Waals surface area contributed by atoms with Crippen LogP contribution in [0.2, 0.25) is 0 Å². The van der Waals surface area contributed by atoms with Crippen molar-refractivity contribution in [1.82, 2.24) is 14.9 Å². The van der Waals surface area contributed by atoms with Gasteiger partial charge in [0.1, 0.15) is 5.82 Å². The highest BCUT2D eigenvalue weighted by atomic mass is 16.1. The van der Waals surface area contributed by atoms with E-state index in [1.54, 1.807) is 6.20 Å². The molecule has 1 amide bonds. The third-order valence-corrected chi connectivity index (χ3v) is 5.26. The Kier molecular flexibility index (Phi) is 3.49. The Labute approximate surface area is 157 Å². The number of rotatable bonds is 2. The van der Waals surface area contributed by atoms with Crippen molar-refractivity contribution in [3.05, 3.63) is 95.4 Å². The Hall–Kier alpha value is -3.56. The van der Waals surface area contributed by atoms with Crippen LogP contribution in [-0.2, 0) is 7.05 Å². The predicted octanol–water partition coefficient (Wildman–Crippen LogP) is 3.61. The lowest BCUT2D eigenvalue weighted by molar-refractivity contribution is 0.0970. The predicted molar refractivity (Wildman–Crippen MR) is 104 cm³/mol. The van der Waals surface area contributed by atoms with Crippen LogP contribution in [-0.4, -0.2) is 15.5 Å². The zero-order chi connectivity index (χ0) is 18.4. The van der Waals surface area contributed by atoms with Crippen molar-refractivity contribution in [2.45, 2.75) is 12.0 Å². The van der Waals surface area contributed by atoms with E-state index in [1.165, 1.54) is 5.56 Å². The average Bonchev–Trinajstić information content (AvgIpc) is 3.05. The maximum atomic E-state index is 12.5. The molecule has 3 heterocycles. The SMILES string of the molecule is Cn1ccnc1C1C2=C=CNC(=O)c3cccc(c32)NC1c1ccccc1. The van der Waals surface area contributed by atoms with E-state index in [9.17, 15) is 4.79 Å². The van der Waals surface area contributed by atoms with Gasteiger partial charge in [0.05, 0.1) is 12.0 Å². The molecule has 3 aromatic rings. The van der Waals surface area contributed by atoms with E-state index in [2.05, 4.69) is 33.5 Å². The Morgan fingerprint density at radius 1 is 1.11 bits per heavy atom. The molecule has 27 heavy (non-hydrogen) atoms. The molecule has 2 N–H and O–H groups in total. The van der Waals surface area contributed by atoms with Crippen LogP contribution >= 0.6 is 0 Å². The summed E-state index contributed by atoms with van der Waals surface area (Å²) >= 11 is 0. The summed E-state index contributed by atoms with van der Waals surface area (Å²) in [6.45, 7) is 0. The quantitative estimate of drug-likeness (QED) is 0.691. The number of amides is 1. The number of hydrogen-bond donors (Lipinski definition) is 2. The van der Waals surface area contributed by atoms with Crippen LogP contribution in [0.5, 0.6) is 0 Å². The maximum Gasteiger partial charge on any atom is 0.256 e. The number of hydrogen-bond acceptors (Lipinski definition) is 3. The monoisotopic (exact) mass is 354 g/mol. The zero-order valence-corrected chi connectivity index (χ0v) is 14.8. The van der Waals surface area contributed by atoms with Gasteiger partial charge in [-0.25, -0.2) is 4.98 Å². The fourth-order valence-electron chi connectivity index (χ4n) is 4.04. The molecule has 5 nitrogen and oxygen atoms in total. The molecule has 2 aliphatic rings. The van der Waals surface area contributed by atoms with E-state index in [1.807, 2.05) is 60.4 Å². The third-order valence-electron chi connectivity index (χ3n) is 5.26. The molecule has 2 unspecified atom stereocenters. The zero-order valence-electron chi connectivity index (χ0n) is 14.8. The molecular weight excluding hydrogens is 336 g/mol. The highest BCUT2D eigenvalue weighted by Gasteiger charge is 2.39. The van der Waals surface area contributed by atoms with Gasteiger partial charge in [-0.2, -0.15) is 0 Å². The van der Waals surface area contributed by atoms with Crippen molar-refractivity contribution < 1.29 is 4.79 Å². The summed E-state index contributed by atoms with van der Waals surface area (Å²) in [5, 5.41) is 6.46. The van der Waals surface area contributed by atoms with Crippen LogP contribution in [0.25, 0.3) is 5.57 Å². The largest absolute Gasteiger partial charge is 0.377 e. The summed E-state index contributed by atoms with van der Waals surface area (Å²) in [5.41, 5.74) is 7.99. The average molecular weight is 354 g/mol. The minimum atomic E-state index is -0.118. The van der Waals surface area contributed by atoms with E-state index >= 15 is 0 Å². The number of aromatic nitrogens is 2. The molecule has 0 spiro atoms. The van der Waals surface area contributed by atoms with Gasteiger partial charge in [0.2, 0.25) is 0 Å². The Bertz CT molecular complexity index is 1110. The molecule has 0 fully saturated rings. The lowest BCUT2D eigenvalue weighted by Gasteiger charge is -2.36. The summed E-state index contributed by atoms with van der Waals surface area (Å²) in [4.78, 5) is 17.1. The summed E-state index contributed by atoms with van der Waals surface area (Å²) < 4.78 is 2.03. The molecule has 2 aliphatic heterocycles. The number of benzene rings is 2. The van der Waals surface area contributed by atoms with E-state index in [-0.39, 0.29) is 17.9 Å². The second-order valence-corrected chi connectivity index (χ2v) is 6.81. The highest BCUT2D eigenvalue weighted by molar-refractivity contribution is 6.04. The molecule has 0 saturated heterocycles. The molecule has 0 aliphatic carbocycles. The Morgan fingerprint density at radius 3 is 2.74 bits per heavy atom. The fourth-order valence-corrected chi connectivity index (χ4v) is 4.04. The first-order valence-corrected chi connectivity index (χ1v) is 8.92. The van der Waals surface area contributed by atoms with Crippen LogP contribution < -0.4 is 10.6 Å². The number of imidazole rings is 1. The van der Waals surface area contributed by atoms with Gasteiger partial charge in [0, 0.05) is 48.0 Å². The van der Waals surface area contributed by atoms with Crippen LogP contribution in [0, 0.1) is 0 Å². The normalized spacial score (nSPS) is 20.2. The van der Waals surface area contributed by atoms with Gasteiger partial charge in [0.25, 0.3) is 5.91 Å². The first kappa shape index (κ1) is 15.7. The van der Waals surface area contributed by atoms with Crippen molar-refractivity contribution in [2.24, 2.45) is 7.05 Å². The van der Waals surface area contributed by atoms with Crippen molar-refractivity contribution >= 4 is 17.2 Å². The lowest BCUT2D eigenvalue weighted by atomic mass is 9.78. The van der Waals surface area contributed by atoms with Crippen molar-refractivity contribution in [1.29, 1.82) is 0 Å². The van der Waals surface area contributed by atoms with E-state index in [4.69, 9.17) is 0 Å². The standard InChI is InChI=1S/C22H18N4O/c1-26-13-12-23-21(26)19-15-10-11-24-22(27)16-8-5-9-17(18(15)16)25-20(19)14-6-3-2-4-7-14/h2-9,11-13,19-20,25H,1H3,(H,24,27). The number of anilines is 1. The van der Waals surface area contributed by atoms with Gasteiger partial charge in [-0.1, -0.05) is 42.1 Å². The van der Waals surface area contributed by atoms with Gasteiger partial charge in [-0.3, -0.25) is 4.79 Å². The second kappa shape index (κ2) is 6.01. The minimum absolute atomic E-state index is 0.0147.